The van der Waals surface area contributed by atoms with Crippen LogP contribution in [0.2, 0.25) is 0 Å². The van der Waals surface area contributed by atoms with Crippen LogP contribution in [0.3, 0.4) is 0 Å². The largest absolute Gasteiger partial charge is 0.415 e. The summed E-state index contributed by atoms with van der Waals surface area (Å²) in [5.41, 5.74) is -7.43. The molecule has 4 aliphatic rings. The summed E-state index contributed by atoms with van der Waals surface area (Å²) in [6.07, 6.45) is 6.36. The van der Waals surface area contributed by atoms with Crippen molar-refractivity contribution in [2.24, 2.45) is 33.0 Å². The van der Waals surface area contributed by atoms with E-state index in [4.69, 9.17) is 0 Å². The first kappa shape index (κ1) is 26.7. The average Bonchev–Trinajstić information content (AvgIpc) is 3.02. The average molecular weight is 495 g/mol. The molecule has 0 aromatic carbocycles. The number of hydrogen-bond acceptors (Lipinski definition) is 1. The van der Waals surface area contributed by atoms with E-state index in [0.29, 0.717) is 38.5 Å². The van der Waals surface area contributed by atoms with E-state index in [9.17, 15) is 18.3 Å². The van der Waals surface area contributed by atoms with Gasteiger partial charge in [-0.1, -0.05) is 38.7 Å². The number of allylic oxidation sites excluding steroid dienone is 4. The van der Waals surface area contributed by atoms with Crippen molar-refractivity contribution in [2.75, 3.05) is 0 Å². The van der Waals surface area contributed by atoms with E-state index in [1.54, 1.807) is 6.92 Å². The smallest absolute Gasteiger partial charge is 0.390 e. The number of halogens is 4. The van der Waals surface area contributed by atoms with Crippen LogP contribution in [0.15, 0.2) is 50.1 Å². The summed E-state index contributed by atoms with van der Waals surface area (Å²) < 4.78 is 58.4. The lowest BCUT2D eigenvalue weighted by molar-refractivity contribution is -0.251. The monoisotopic (exact) mass is 494 g/mol. The van der Waals surface area contributed by atoms with E-state index in [1.165, 1.54) is 0 Å². The van der Waals surface area contributed by atoms with Crippen molar-refractivity contribution in [3.8, 4) is 0 Å². The Labute approximate surface area is 208 Å². The normalized spacial score (nSPS) is 51.5. The predicted octanol–water partition coefficient (Wildman–Crippen LogP) is 8.67. The molecule has 8 atom stereocenters. The molecule has 0 bridgehead atoms. The van der Waals surface area contributed by atoms with Gasteiger partial charge in [-0.2, -0.15) is 13.2 Å². The molecule has 0 spiro atoms. The minimum absolute atomic E-state index is 0.0379. The maximum absolute atomic E-state index is 16.8. The number of rotatable bonds is 5. The van der Waals surface area contributed by atoms with Gasteiger partial charge in [-0.3, -0.25) is 0 Å². The Morgan fingerprint density at radius 3 is 2.09 bits per heavy atom. The van der Waals surface area contributed by atoms with E-state index in [-0.39, 0.29) is 28.6 Å². The minimum Gasteiger partial charge on any atom is -0.390 e. The second-order valence-corrected chi connectivity index (χ2v) is 13.0. The second kappa shape index (κ2) is 7.58. The first-order valence-corrected chi connectivity index (χ1v) is 13.1. The lowest BCUT2D eigenvalue weighted by Crippen LogP contribution is -2.69. The maximum atomic E-state index is 16.8. The first-order valence-electron chi connectivity index (χ1n) is 13.1. The van der Waals surface area contributed by atoms with Gasteiger partial charge in [0.2, 0.25) is 0 Å². The Hall–Kier alpha value is -1.36. The van der Waals surface area contributed by atoms with Crippen LogP contribution < -0.4 is 0 Å². The molecule has 0 amide bonds. The molecule has 4 rings (SSSR count). The SMILES string of the molecule is C=CC[C@]12CC[C@@]3(C)[C@@](C=C)(CC[C@]3(F)C(=C)C(F)(F)F)[C@@H]1CC[C@]1(C=C)C[C@](C)(O)CC[C@@]12C. The highest BCUT2D eigenvalue weighted by atomic mass is 19.4. The van der Waals surface area contributed by atoms with Gasteiger partial charge in [-0.15, -0.1) is 19.7 Å². The van der Waals surface area contributed by atoms with Crippen molar-refractivity contribution in [1.29, 1.82) is 0 Å². The molecule has 196 valence electrons. The second-order valence-electron chi connectivity index (χ2n) is 13.0. The minimum atomic E-state index is -4.78. The highest BCUT2D eigenvalue weighted by Crippen LogP contribution is 2.82. The molecule has 4 saturated carbocycles. The van der Waals surface area contributed by atoms with E-state index in [1.807, 2.05) is 25.2 Å². The van der Waals surface area contributed by atoms with Gasteiger partial charge in [0.15, 0.2) is 0 Å². The fourth-order valence-electron chi connectivity index (χ4n) is 10.2. The Bertz CT molecular complexity index is 950. The van der Waals surface area contributed by atoms with Gasteiger partial charge in [0.05, 0.1) is 11.2 Å². The standard InChI is InChI=1S/C30H42F4O/c1-8-12-28-17-16-25(7)27(10-3,18-19-29(25,31)21(4)30(32,33)34)22(28)11-13-26(9-2)20-23(5,35)14-15-24(26,28)6/h8-10,22,35H,1-4,11-20H2,5-7H3/t22-,23+,24-,25-,26+,27-,28-,29-/m0/s1. The molecule has 0 aromatic rings. The molecule has 0 aromatic heterocycles. The Balaban J connectivity index is 1.91. The maximum Gasteiger partial charge on any atom is 0.415 e. The van der Waals surface area contributed by atoms with Crippen molar-refractivity contribution in [3.05, 3.63) is 50.1 Å². The molecule has 0 radical (unpaired) electrons. The zero-order chi connectivity index (χ0) is 26.3. The molecule has 0 heterocycles. The number of aliphatic hydroxyl groups is 1. The third-order valence-corrected chi connectivity index (χ3v) is 12.2. The van der Waals surface area contributed by atoms with Crippen LogP contribution in [-0.2, 0) is 0 Å². The molecule has 4 aliphatic carbocycles. The van der Waals surface area contributed by atoms with Crippen LogP contribution in [0.25, 0.3) is 0 Å². The van der Waals surface area contributed by atoms with Crippen LogP contribution >= 0.6 is 0 Å². The molecule has 1 N–H and O–H groups in total. The lowest BCUT2D eigenvalue weighted by atomic mass is 9.30. The summed E-state index contributed by atoms with van der Waals surface area (Å²) in [7, 11) is 0. The van der Waals surface area contributed by atoms with Crippen molar-refractivity contribution in [1.82, 2.24) is 0 Å². The zero-order valence-corrected chi connectivity index (χ0v) is 21.7. The zero-order valence-electron chi connectivity index (χ0n) is 21.7. The van der Waals surface area contributed by atoms with E-state index in [0.717, 1.165) is 19.3 Å². The van der Waals surface area contributed by atoms with Crippen LogP contribution in [0.1, 0.15) is 85.0 Å². The third kappa shape index (κ3) is 2.97. The van der Waals surface area contributed by atoms with Crippen molar-refractivity contribution < 1.29 is 22.7 Å². The summed E-state index contributed by atoms with van der Waals surface area (Å²) in [5.74, 6) is -0.0379. The number of alkyl halides is 4. The van der Waals surface area contributed by atoms with Gasteiger partial charge in [-0.05, 0) is 93.3 Å². The van der Waals surface area contributed by atoms with Gasteiger partial charge >= 0.3 is 6.18 Å². The topological polar surface area (TPSA) is 20.2 Å². The van der Waals surface area contributed by atoms with Gasteiger partial charge in [-0.25, -0.2) is 4.39 Å². The van der Waals surface area contributed by atoms with Crippen LogP contribution in [0, 0.1) is 33.0 Å². The summed E-state index contributed by atoms with van der Waals surface area (Å²) in [5, 5.41) is 11.1. The summed E-state index contributed by atoms with van der Waals surface area (Å²) >= 11 is 0. The van der Waals surface area contributed by atoms with Gasteiger partial charge in [0, 0.05) is 10.8 Å². The Morgan fingerprint density at radius 2 is 1.54 bits per heavy atom. The fourth-order valence-corrected chi connectivity index (χ4v) is 10.2. The summed E-state index contributed by atoms with van der Waals surface area (Å²) in [6, 6.07) is 0. The molecule has 0 aliphatic heterocycles. The molecule has 4 fully saturated rings. The highest BCUT2D eigenvalue weighted by molar-refractivity contribution is 5.37. The molecular weight excluding hydrogens is 452 g/mol. The number of fused-ring (bicyclic) bond motifs is 5. The van der Waals surface area contributed by atoms with Crippen molar-refractivity contribution >= 4 is 0 Å². The van der Waals surface area contributed by atoms with Gasteiger partial charge in [0.25, 0.3) is 0 Å². The number of hydrogen-bond donors (Lipinski definition) is 1. The summed E-state index contributed by atoms with van der Waals surface area (Å²) in [6.45, 7) is 21.7. The molecule has 0 saturated heterocycles. The first-order chi connectivity index (χ1) is 16.0. The summed E-state index contributed by atoms with van der Waals surface area (Å²) in [4.78, 5) is 0. The fraction of sp³-hybridized carbons (Fsp3) is 0.733. The van der Waals surface area contributed by atoms with Crippen molar-refractivity contribution in [3.63, 3.8) is 0 Å². The van der Waals surface area contributed by atoms with Crippen LogP contribution in [0.5, 0.6) is 0 Å². The molecule has 5 heteroatoms. The van der Waals surface area contributed by atoms with Crippen LogP contribution in [-0.4, -0.2) is 22.6 Å². The predicted molar refractivity (Wildman–Crippen MR) is 133 cm³/mol. The highest BCUT2D eigenvalue weighted by Gasteiger charge is 2.78. The van der Waals surface area contributed by atoms with Crippen molar-refractivity contribution in [2.45, 2.75) is 102 Å². The Morgan fingerprint density at radius 1 is 0.914 bits per heavy atom. The Kier molecular flexibility index (Phi) is 5.78. The molecular formula is C30H42F4O. The quantitative estimate of drug-likeness (QED) is 0.299. The van der Waals surface area contributed by atoms with E-state index >= 15 is 4.39 Å². The van der Waals surface area contributed by atoms with Gasteiger partial charge in [0.1, 0.15) is 5.67 Å². The molecule has 1 nitrogen and oxygen atoms in total. The van der Waals surface area contributed by atoms with Crippen LogP contribution in [0.4, 0.5) is 17.6 Å². The molecule has 0 unspecified atom stereocenters. The van der Waals surface area contributed by atoms with Gasteiger partial charge < -0.3 is 5.11 Å². The molecule has 35 heavy (non-hydrogen) atoms. The van der Waals surface area contributed by atoms with E-state index in [2.05, 4.69) is 33.2 Å². The lowest BCUT2D eigenvalue weighted by Gasteiger charge is -2.74. The third-order valence-electron chi connectivity index (χ3n) is 12.2. The van der Waals surface area contributed by atoms with E-state index < -0.39 is 33.8 Å².